The maximum absolute atomic E-state index is 12.6. The molecule has 1 unspecified atom stereocenters. The highest BCUT2D eigenvalue weighted by atomic mass is 16.5. The van der Waals surface area contributed by atoms with E-state index in [-0.39, 0.29) is 24.3 Å². The Morgan fingerprint density at radius 2 is 1.95 bits per heavy atom. The average Bonchev–Trinajstić information content (AvgIpc) is 2.52. The highest BCUT2D eigenvalue weighted by molar-refractivity contribution is 5.79. The number of carbonyl (C=O) groups excluding carboxylic acids is 1. The summed E-state index contributed by atoms with van der Waals surface area (Å²) in [5.41, 5.74) is 0. The van der Waals surface area contributed by atoms with E-state index in [0.29, 0.717) is 19.7 Å². The summed E-state index contributed by atoms with van der Waals surface area (Å²) in [5, 5.41) is 8.86. The maximum atomic E-state index is 12.6. The molecule has 0 aromatic heterocycles. The van der Waals surface area contributed by atoms with Crippen LogP contribution in [0.3, 0.4) is 0 Å². The van der Waals surface area contributed by atoms with Crippen molar-refractivity contribution in [2.45, 2.75) is 64.4 Å². The maximum Gasteiger partial charge on any atom is 0.306 e. The van der Waals surface area contributed by atoms with Crippen molar-refractivity contribution >= 4 is 11.9 Å². The van der Waals surface area contributed by atoms with Gasteiger partial charge in [-0.05, 0) is 31.6 Å². The second kappa shape index (κ2) is 8.51. The van der Waals surface area contributed by atoms with Crippen LogP contribution < -0.4 is 0 Å². The minimum atomic E-state index is -0.865. The first-order valence-electron chi connectivity index (χ1n) is 8.72. The van der Waals surface area contributed by atoms with E-state index in [4.69, 9.17) is 9.84 Å². The summed E-state index contributed by atoms with van der Waals surface area (Å²) in [6, 6.07) is 0. The van der Waals surface area contributed by atoms with Crippen LogP contribution >= 0.6 is 0 Å². The number of morpholine rings is 1. The van der Waals surface area contributed by atoms with Gasteiger partial charge in [-0.1, -0.05) is 26.2 Å². The summed E-state index contributed by atoms with van der Waals surface area (Å²) in [5.74, 6) is 0.290. The van der Waals surface area contributed by atoms with Gasteiger partial charge in [-0.15, -0.1) is 0 Å². The first-order valence-corrected chi connectivity index (χ1v) is 8.72. The van der Waals surface area contributed by atoms with Gasteiger partial charge in [0, 0.05) is 19.0 Å². The van der Waals surface area contributed by atoms with Crippen molar-refractivity contribution in [1.29, 1.82) is 0 Å². The Hall–Kier alpha value is -1.10. The Balaban J connectivity index is 1.78. The van der Waals surface area contributed by atoms with Gasteiger partial charge in [-0.2, -0.15) is 0 Å². The molecule has 0 aromatic rings. The van der Waals surface area contributed by atoms with Crippen molar-refractivity contribution in [3.05, 3.63) is 0 Å². The molecule has 0 bridgehead atoms. The lowest BCUT2D eigenvalue weighted by molar-refractivity contribution is -0.150. The second-order valence-electron chi connectivity index (χ2n) is 6.73. The first-order chi connectivity index (χ1) is 10.6. The van der Waals surface area contributed by atoms with E-state index in [9.17, 15) is 9.59 Å². The number of hydrogen-bond donors (Lipinski definition) is 1. The molecule has 1 atom stereocenters. The van der Waals surface area contributed by atoms with Gasteiger partial charge in [0.25, 0.3) is 0 Å². The van der Waals surface area contributed by atoms with Gasteiger partial charge in [-0.3, -0.25) is 9.59 Å². The van der Waals surface area contributed by atoms with Crippen LogP contribution in [0.25, 0.3) is 0 Å². The number of carbonyl (C=O) groups is 2. The number of amides is 1. The van der Waals surface area contributed by atoms with Crippen LogP contribution in [0.2, 0.25) is 0 Å². The molecule has 2 aliphatic rings. The molecule has 1 amide bonds. The molecular weight excluding hydrogens is 282 g/mol. The molecule has 1 aliphatic heterocycles. The average molecular weight is 311 g/mol. The highest BCUT2D eigenvalue weighted by Gasteiger charge is 2.32. The predicted molar refractivity (Wildman–Crippen MR) is 83.5 cm³/mol. The number of hydrogen-bond acceptors (Lipinski definition) is 3. The molecule has 1 heterocycles. The van der Waals surface area contributed by atoms with Crippen molar-refractivity contribution in [3.8, 4) is 0 Å². The van der Waals surface area contributed by atoms with Crippen molar-refractivity contribution in [2.75, 3.05) is 19.7 Å². The number of nitrogens with zero attached hydrogens (tertiary/aromatic N) is 1. The molecular formula is C17H29NO4. The number of unbranched alkanes of at least 4 members (excludes halogenated alkanes) is 1. The van der Waals surface area contributed by atoms with Gasteiger partial charge in [0.05, 0.1) is 19.1 Å². The molecule has 0 radical (unpaired) electrons. The molecule has 22 heavy (non-hydrogen) atoms. The number of carboxylic acids is 1. The number of aliphatic carboxylic acids is 1. The third kappa shape index (κ3) is 4.97. The molecule has 1 saturated heterocycles. The SMILES string of the molecule is CCCCC1CCC(C(=O)N2CCOC(CC(=O)O)C2)CC1. The quantitative estimate of drug-likeness (QED) is 0.819. The Morgan fingerprint density at radius 3 is 2.59 bits per heavy atom. The molecule has 1 saturated carbocycles. The first kappa shape index (κ1) is 17.3. The summed E-state index contributed by atoms with van der Waals surface area (Å²) >= 11 is 0. The van der Waals surface area contributed by atoms with E-state index < -0.39 is 5.97 Å². The fourth-order valence-corrected chi connectivity index (χ4v) is 3.69. The second-order valence-corrected chi connectivity index (χ2v) is 6.73. The Bertz CT molecular complexity index is 377. The van der Waals surface area contributed by atoms with Gasteiger partial charge in [0.15, 0.2) is 0 Å². The smallest absolute Gasteiger partial charge is 0.306 e. The number of carboxylic acid groups (broad SMARTS) is 1. The molecule has 2 rings (SSSR count). The molecule has 0 spiro atoms. The molecule has 2 fully saturated rings. The van der Waals surface area contributed by atoms with Crippen LogP contribution in [0.1, 0.15) is 58.3 Å². The third-order valence-corrected chi connectivity index (χ3v) is 5.01. The summed E-state index contributed by atoms with van der Waals surface area (Å²) in [7, 11) is 0. The van der Waals surface area contributed by atoms with Gasteiger partial charge in [-0.25, -0.2) is 0 Å². The van der Waals surface area contributed by atoms with Crippen molar-refractivity contribution < 1.29 is 19.4 Å². The molecule has 5 nitrogen and oxygen atoms in total. The van der Waals surface area contributed by atoms with Crippen LogP contribution in [0.15, 0.2) is 0 Å². The summed E-state index contributed by atoms with van der Waals surface area (Å²) in [6.07, 6.45) is 7.79. The monoisotopic (exact) mass is 311 g/mol. The largest absolute Gasteiger partial charge is 0.481 e. The van der Waals surface area contributed by atoms with Gasteiger partial charge in [0.2, 0.25) is 5.91 Å². The Labute approximate surface area is 133 Å². The van der Waals surface area contributed by atoms with E-state index >= 15 is 0 Å². The van der Waals surface area contributed by atoms with E-state index in [1.165, 1.54) is 32.1 Å². The summed E-state index contributed by atoms with van der Waals surface area (Å²) < 4.78 is 5.44. The lowest BCUT2D eigenvalue weighted by atomic mass is 9.79. The molecule has 5 heteroatoms. The molecule has 126 valence electrons. The van der Waals surface area contributed by atoms with Crippen molar-refractivity contribution in [2.24, 2.45) is 11.8 Å². The van der Waals surface area contributed by atoms with E-state index in [2.05, 4.69) is 6.92 Å². The van der Waals surface area contributed by atoms with Crippen LogP contribution in [0.4, 0.5) is 0 Å². The Morgan fingerprint density at radius 1 is 1.23 bits per heavy atom. The van der Waals surface area contributed by atoms with E-state index in [0.717, 1.165) is 18.8 Å². The number of ether oxygens (including phenoxy) is 1. The van der Waals surface area contributed by atoms with E-state index in [1.54, 1.807) is 0 Å². The highest BCUT2D eigenvalue weighted by Crippen LogP contribution is 2.33. The summed E-state index contributed by atoms with van der Waals surface area (Å²) in [4.78, 5) is 25.2. The zero-order chi connectivity index (χ0) is 15.9. The van der Waals surface area contributed by atoms with Crippen molar-refractivity contribution in [1.82, 2.24) is 4.90 Å². The van der Waals surface area contributed by atoms with Crippen molar-refractivity contribution in [3.63, 3.8) is 0 Å². The lowest BCUT2D eigenvalue weighted by Crippen LogP contribution is -2.48. The van der Waals surface area contributed by atoms with Crippen LogP contribution in [0, 0.1) is 11.8 Å². The van der Waals surface area contributed by atoms with Crippen LogP contribution in [-0.4, -0.2) is 47.7 Å². The number of rotatable bonds is 6. The molecule has 0 aromatic carbocycles. The molecule has 1 aliphatic carbocycles. The minimum Gasteiger partial charge on any atom is -0.481 e. The topological polar surface area (TPSA) is 66.8 Å². The molecule has 1 N–H and O–H groups in total. The zero-order valence-electron chi connectivity index (χ0n) is 13.6. The predicted octanol–water partition coefficient (Wildman–Crippen LogP) is 2.69. The fraction of sp³-hybridized carbons (Fsp3) is 0.882. The van der Waals surface area contributed by atoms with Crippen LogP contribution in [-0.2, 0) is 14.3 Å². The minimum absolute atomic E-state index is 0.0203. The normalized spacial score (nSPS) is 29.3. The van der Waals surface area contributed by atoms with Gasteiger partial charge in [0.1, 0.15) is 0 Å². The third-order valence-electron chi connectivity index (χ3n) is 5.01. The summed E-state index contributed by atoms with van der Waals surface area (Å²) in [6.45, 7) is 3.71. The lowest BCUT2D eigenvalue weighted by Gasteiger charge is -2.36. The van der Waals surface area contributed by atoms with Gasteiger partial charge >= 0.3 is 5.97 Å². The van der Waals surface area contributed by atoms with Crippen LogP contribution in [0.5, 0.6) is 0 Å². The standard InChI is InChI=1S/C17H29NO4/c1-2-3-4-13-5-7-14(8-6-13)17(21)18-9-10-22-15(12-18)11-16(19)20/h13-15H,2-12H2,1H3,(H,19,20). The zero-order valence-corrected chi connectivity index (χ0v) is 13.6. The van der Waals surface area contributed by atoms with Gasteiger partial charge < -0.3 is 14.7 Å². The fourth-order valence-electron chi connectivity index (χ4n) is 3.69. The Kier molecular flexibility index (Phi) is 6.68. The van der Waals surface area contributed by atoms with E-state index in [1.807, 2.05) is 4.90 Å².